The third kappa shape index (κ3) is 7.04. The Bertz CT molecular complexity index is 1150. The molecule has 5 rings (SSSR count). The molecule has 4 heterocycles. The molecule has 0 unspecified atom stereocenters. The molecule has 3 saturated heterocycles. The second-order valence-electron chi connectivity index (χ2n) is 10.7. The number of carbonyl (C=O) groups is 1. The Labute approximate surface area is 235 Å². The van der Waals surface area contributed by atoms with Crippen LogP contribution in [0.5, 0.6) is 0 Å². The zero-order valence-electron chi connectivity index (χ0n) is 22.6. The molecule has 1 aromatic heterocycles. The molecule has 0 radical (unpaired) electrons. The van der Waals surface area contributed by atoms with Crippen LogP contribution in [0.15, 0.2) is 30.5 Å². The number of likely N-dealkylation sites (tertiary alicyclic amines) is 1. The summed E-state index contributed by atoms with van der Waals surface area (Å²) in [4.78, 5) is 29.1. The summed E-state index contributed by atoms with van der Waals surface area (Å²) in [5.74, 6) is 0.0620. The maximum Gasteiger partial charge on any atom is 0.269 e. The van der Waals surface area contributed by atoms with Gasteiger partial charge in [0, 0.05) is 57.5 Å². The fourth-order valence-electron chi connectivity index (χ4n) is 5.66. The number of halogens is 1. The highest BCUT2D eigenvalue weighted by atomic mass is 35.5. The molecule has 11 heteroatoms. The van der Waals surface area contributed by atoms with Crippen molar-refractivity contribution >= 4 is 23.3 Å². The molecule has 0 bridgehead atoms. The van der Waals surface area contributed by atoms with E-state index < -0.39 is 0 Å². The standard InChI is InChI=1S/C28H37ClN8O2/c1-34-12-14-36(15-13-34)23-6-10-35(11-7-23)20-21-2-4-22(5-3-21)28(38)33-37(24-8-16-39-17-9-24)27-25(29)19-31-26(18-30)32-27/h2-5,19,23-24H,6-17,20H2,1H3,(H,33,38). The Hall–Kier alpha value is -2.81. The second kappa shape index (κ2) is 13.0. The average Bonchev–Trinajstić information content (AvgIpc) is 2.98. The lowest BCUT2D eigenvalue weighted by molar-refractivity contribution is 0.0658. The number of aromatic nitrogens is 2. The van der Waals surface area contributed by atoms with Gasteiger partial charge < -0.3 is 9.64 Å². The SMILES string of the molecule is CN1CCN(C2CCN(Cc3ccc(C(=O)NN(c4nc(C#N)ncc4Cl)C4CCOCC4)cc3)CC2)CC1. The number of nitrogens with one attached hydrogen (secondary N) is 1. The third-order valence-corrected chi connectivity index (χ3v) is 8.33. The molecule has 3 aliphatic heterocycles. The number of nitrogens with zero attached hydrogens (tertiary/aromatic N) is 7. The van der Waals surface area contributed by atoms with Crippen molar-refractivity contribution in [3.8, 4) is 6.07 Å². The topological polar surface area (TPSA) is 101 Å². The quantitative estimate of drug-likeness (QED) is 0.519. The first kappa shape index (κ1) is 27.7. The Morgan fingerprint density at radius 2 is 1.79 bits per heavy atom. The minimum atomic E-state index is -0.255. The molecule has 10 nitrogen and oxygen atoms in total. The molecule has 39 heavy (non-hydrogen) atoms. The van der Waals surface area contributed by atoms with Crippen LogP contribution in [0.4, 0.5) is 5.82 Å². The van der Waals surface area contributed by atoms with E-state index in [1.165, 1.54) is 50.8 Å². The van der Waals surface area contributed by atoms with Crippen LogP contribution in [0.1, 0.15) is 47.4 Å². The monoisotopic (exact) mass is 552 g/mol. The van der Waals surface area contributed by atoms with Gasteiger partial charge in [-0.05, 0) is 63.5 Å². The van der Waals surface area contributed by atoms with Crippen molar-refractivity contribution in [1.82, 2.24) is 30.1 Å². The van der Waals surface area contributed by atoms with Gasteiger partial charge in [-0.1, -0.05) is 23.7 Å². The highest BCUT2D eigenvalue weighted by Gasteiger charge is 2.28. The lowest BCUT2D eigenvalue weighted by atomic mass is 10.0. The summed E-state index contributed by atoms with van der Waals surface area (Å²) in [6.45, 7) is 8.93. The van der Waals surface area contributed by atoms with Gasteiger partial charge in [0.25, 0.3) is 5.91 Å². The van der Waals surface area contributed by atoms with Gasteiger partial charge >= 0.3 is 0 Å². The smallest absolute Gasteiger partial charge is 0.269 e. The normalized spacial score (nSPS) is 20.4. The molecule has 0 aliphatic carbocycles. The molecule has 1 amide bonds. The van der Waals surface area contributed by atoms with Gasteiger partial charge in [0.15, 0.2) is 5.82 Å². The fraction of sp³-hybridized carbons (Fsp3) is 0.571. The summed E-state index contributed by atoms with van der Waals surface area (Å²) in [5.41, 5.74) is 4.74. The summed E-state index contributed by atoms with van der Waals surface area (Å²) < 4.78 is 5.50. The van der Waals surface area contributed by atoms with E-state index in [2.05, 4.69) is 37.1 Å². The molecule has 2 aromatic rings. The van der Waals surface area contributed by atoms with Crippen molar-refractivity contribution in [3.05, 3.63) is 52.4 Å². The number of ether oxygens (including phenoxy) is 1. The number of amides is 1. The summed E-state index contributed by atoms with van der Waals surface area (Å²) in [5, 5.41) is 11.2. The number of anilines is 1. The minimum absolute atomic E-state index is 0.00220. The van der Waals surface area contributed by atoms with Crippen molar-refractivity contribution in [1.29, 1.82) is 5.26 Å². The second-order valence-corrected chi connectivity index (χ2v) is 11.1. The zero-order chi connectivity index (χ0) is 27.2. The van der Waals surface area contributed by atoms with E-state index in [0.717, 1.165) is 19.6 Å². The van der Waals surface area contributed by atoms with Gasteiger partial charge in [-0.3, -0.25) is 25.0 Å². The largest absolute Gasteiger partial charge is 0.381 e. The van der Waals surface area contributed by atoms with Crippen LogP contribution < -0.4 is 10.4 Å². The summed E-state index contributed by atoms with van der Waals surface area (Å²) in [6.07, 6.45) is 5.22. The van der Waals surface area contributed by atoms with E-state index in [4.69, 9.17) is 16.3 Å². The Morgan fingerprint density at radius 1 is 1.10 bits per heavy atom. The van der Waals surface area contributed by atoms with Crippen LogP contribution in [0.2, 0.25) is 5.02 Å². The maximum absolute atomic E-state index is 13.3. The Morgan fingerprint density at radius 3 is 2.46 bits per heavy atom. The van der Waals surface area contributed by atoms with E-state index in [0.29, 0.717) is 43.5 Å². The zero-order valence-corrected chi connectivity index (χ0v) is 23.3. The molecule has 0 atom stereocenters. The number of hydrazine groups is 1. The number of piperazine rings is 1. The molecule has 0 saturated carbocycles. The number of hydrogen-bond acceptors (Lipinski definition) is 9. The number of carbonyl (C=O) groups excluding carboxylic acids is 1. The van der Waals surface area contributed by atoms with Gasteiger partial charge in [-0.15, -0.1) is 0 Å². The predicted octanol–water partition coefficient (Wildman–Crippen LogP) is 2.54. The third-order valence-electron chi connectivity index (χ3n) is 8.07. The molecule has 208 valence electrons. The lowest BCUT2D eigenvalue weighted by Crippen LogP contribution is -2.52. The summed E-state index contributed by atoms with van der Waals surface area (Å²) >= 11 is 6.40. The first-order valence-corrected chi connectivity index (χ1v) is 14.2. The van der Waals surface area contributed by atoms with E-state index in [-0.39, 0.29) is 22.8 Å². The van der Waals surface area contributed by atoms with Crippen LogP contribution in [-0.4, -0.2) is 102 Å². The van der Waals surface area contributed by atoms with Gasteiger partial charge in [0.1, 0.15) is 11.1 Å². The summed E-state index contributed by atoms with van der Waals surface area (Å²) in [6, 6.07) is 10.4. The van der Waals surface area contributed by atoms with Crippen LogP contribution in [0.25, 0.3) is 0 Å². The van der Waals surface area contributed by atoms with Crippen LogP contribution >= 0.6 is 11.6 Å². The Balaban J connectivity index is 1.19. The maximum atomic E-state index is 13.3. The van der Waals surface area contributed by atoms with Crippen molar-refractivity contribution in [2.45, 2.75) is 44.3 Å². The molecule has 1 aromatic carbocycles. The first-order valence-electron chi connectivity index (χ1n) is 13.8. The number of benzene rings is 1. The minimum Gasteiger partial charge on any atom is -0.381 e. The van der Waals surface area contributed by atoms with Crippen molar-refractivity contribution in [3.63, 3.8) is 0 Å². The molecule has 3 aliphatic rings. The van der Waals surface area contributed by atoms with Crippen molar-refractivity contribution < 1.29 is 9.53 Å². The number of nitriles is 1. The Kier molecular flexibility index (Phi) is 9.27. The van der Waals surface area contributed by atoms with Gasteiger partial charge in [0.2, 0.25) is 5.82 Å². The number of rotatable bonds is 7. The number of hydrogen-bond donors (Lipinski definition) is 1. The molecule has 0 spiro atoms. The van der Waals surface area contributed by atoms with E-state index >= 15 is 0 Å². The van der Waals surface area contributed by atoms with Crippen LogP contribution in [0, 0.1) is 11.3 Å². The van der Waals surface area contributed by atoms with Gasteiger partial charge in [0.05, 0.1) is 12.2 Å². The molecular weight excluding hydrogens is 516 g/mol. The predicted molar refractivity (Wildman–Crippen MR) is 149 cm³/mol. The highest BCUT2D eigenvalue weighted by Crippen LogP contribution is 2.27. The van der Waals surface area contributed by atoms with Crippen LogP contribution in [-0.2, 0) is 11.3 Å². The van der Waals surface area contributed by atoms with E-state index in [1.807, 2.05) is 30.3 Å². The number of likely N-dealkylation sites (N-methyl/N-ethyl adjacent to an activating group) is 1. The first-order chi connectivity index (χ1) is 19.0. The van der Waals surface area contributed by atoms with Crippen LogP contribution in [0.3, 0.4) is 0 Å². The van der Waals surface area contributed by atoms with Crippen molar-refractivity contribution in [2.24, 2.45) is 0 Å². The summed E-state index contributed by atoms with van der Waals surface area (Å²) in [7, 11) is 2.20. The van der Waals surface area contributed by atoms with E-state index in [1.54, 1.807) is 5.01 Å². The fourth-order valence-corrected chi connectivity index (χ4v) is 5.85. The molecule has 3 fully saturated rings. The highest BCUT2D eigenvalue weighted by molar-refractivity contribution is 6.32. The van der Waals surface area contributed by atoms with Gasteiger partial charge in [-0.25, -0.2) is 4.98 Å². The lowest BCUT2D eigenvalue weighted by Gasteiger charge is -2.42. The number of piperidine rings is 1. The van der Waals surface area contributed by atoms with Gasteiger partial charge in [-0.2, -0.15) is 10.2 Å². The molecule has 1 N–H and O–H groups in total. The van der Waals surface area contributed by atoms with Crippen molar-refractivity contribution in [2.75, 3.05) is 64.5 Å². The average molecular weight is 553 g/mol. The van der Waals surface area contributed by atoms with E-state index in [9.17, 15) is 10.1 Å². The molecular formula is C28H37ClN8O2.